The van der Waals surface area contributed by atoms with Crippen LogP contribution in [0.1, 0.15) is 56.7 Å². The van der Waals surface area contributed by atoms with Crippen LogP contribution in [0, 0.1) is 18.2 Å². The highest BCUT2D eigenvalue weighted by Gasteiger charge is 2.41. The molecule has 1 aromatic rings. The van der Waals surface area contributed by atoms with Gasteiger partial charge >= 0.3 is 0 Å². The van der Waals surface area contributed by atoms with E-state index >= 15 is 0 Å². The number of amidine groups is 1. The summed E-state index contributed by atoms with van der Waals surface area (Å²) >= 11 is 6.43. The first kappa shape index (κ1) is 20.5. The number of nitrogens with one attached hydrogen (secondary N) is 1. The van der Waals surface area contributed by atoms with Gasteiger partial charge in [-0.05, 0) is 43.7 Å². The monoisotopic (exact) mass is 383 g/mol. The number of carbonyl (C=O) groups is 1. The average molecular weight is 384 g/mol. The third kappa shape index (κ3) is 4.27. The Bertz CT molecular complexity index is 703. The number of amides is 1. The van der Waals surface area contributed by atoms with Crippen LogP contribution in [0.3, 0.4) is 0 Å². The number of carbonyl (C=O) groups excluding carboxylic acids is 1. The Balaban J connectivity index is 2.35. The van der Waals surface area contributed by atoms with E-state index in [9.17, 15) is 9.18 Å². The highest BCUT2D eigenvalue weighted by Crippen LogP contribution is 2.49. The number of benzene rings is 1. The number of hydrogen-bond acceptors (Lipinski definition) is 4. The van der Waals surface area contributed by atoms with Gasteiger partial charge in [0, 0.05) is 5.56 Å². The lowest BCUT2D eigenvalue weighted by Gasteiger charge is -2.36. The topological polar surface area (TPSA) is 96.7 Å². The van der Waals surface area contributed by atoms with Crippen LogP contribution in [0.4, 0.5) is 4.39 Å². The molecule has 1 fully saturated rings. The van der Waals surface area contributed by atoms with E-state index < -0.39 is 11.9 Å². The van der Waals surface area contributed by atoms with Gasteiger partial charge in [0.1, 0.15) is 18.2 Å². The van der Waals surface area contributed by atoms with E-state index in [-0.39, 0.29) is 17.9 Å². The van der Waals surface area contributed by atoms with Crippen LogP contribution in [-0.4, -0.2) is 23.3 Å². The summed E-state index contributed by atoms with van der Waals surface area (Å²) in [5.41, 5.74) is 0.845. The molecule has 0 heterocycles. The van der Waals surface area contributed by atoms with Gasteiger partial charge < -0.3 is 11.2 Å². The minimum atomic E-state index is -0.534. The predicted octanol–water partition coefficient (Wildman–Crippen LogP) is 2.99. The lowest BCUT2D eigenvalue weighted by Crippen LogP contribution is -2.47. The van der Waals surface area contributed by atoms with Gasteiger partial charge in [0.2, 0.25) is 5.91 Å². The minimum absolute atomic E-state index is 0.135. The molecule has 1 aromatic carbocycles. The fraction of sp³-hybridized carbons (Fsp3) is 0.556. The second-order valence-corrected chi connectivity index (χ2v) is 7.64. The van der Waals surface area contributed by atoms with E-state index in [1.54, 1.807) is 13.0 Å². The zero-order valence-electron chi connectivity index (χ0n) is 15.5. The van der Waals surface area contributed by atoms with Crippen LogP contribution in [0.5, 0.6) is 0 Å². The third-order valence-corrected chi connectivity index (χ3v) is 5.77. The van der Waals surface area contributed by atoms with Gasteiger partial charge in [-0.1, -0.05) is 37.4 Å². The maximum Gasteiger partial charge on any atom is 0.241 e. The van der Waals surface area contributed by atoms with Crippen LogP contribution < -0.4 is 17.0 Å². The summed E-state index contributed by atoms with van der Waals surface area (Å²) in [5.74, 6) is 10.5. The molecule has 5 N–H and O–H groups in total. The second kappa shape index (κ2) is 8.22. The molecule has 1 aliphatic carbocycles. The van der Waals surface area contributed by atoms with Gasteiger partial charge in [-0.15, -0.1) is 0 Å². The Morgan fingerprint density at radius 2 is 2.08 bits per heavy atom. The normalized spacial score (nSPS) is 17.8. The second-order valence-electron chi connectivity index (χ2n) is 7.26. The highest BCUT2D eigenvalue weighted by molar-refractivity contribution is 6.32. The molecule has 1 atom stereocenters. The molecule has 6 nitrogen and oxygen atoms in total. The van der Waals surface area contributed by atoms with E-state index in [1.807, 2.05) is 6.92 Å². The first-order valence-electron chi connectivity index (χ1n) is 8.70. The summed E-state index contributed by atoms with van der Waals surface area (Å²) in [5, 5.41) is 7.92. The van der Waals surface area contributed by atoms with Crippen molar-refractivity contribution < 1.29 is 9.18 Å². The fourth-order valence-corrected chi connectivity index (χ4v) is 3.82. The van der Waals surface area contributed by atoms with Gasteiger partial charge in [-0.25, -0.2) is 10.2 Å². The highest BCUT2D eigenvalue weighted by atomic mass is 35.5. The van der Waals surface area contributed by atoms with Crippen LogP contribution in [-0.2, 0) is 4.79 Å². The zero-order valence-corrected chi connectivity index (χ0v) is 16.2. The number of nitrogens with zero attached hydrogens (tertiary/aromatic N) is 2. The van der Waals surface area contributed by atoms with E-state index in [4.69, 9.17) is 23.3 Å². The molecule has 1 amide bonds. The SMILES string of the molecule is C/C(=N/N)N(N)CC(=O)NC(c1c(F)ccc(C)c1Cl)C1(C)CCCC1. The van der Waals surface area contributed by atoms with Crippen molar-refractivity contribution in [2.75, 3.05) is 6.54 Å². The molecular formula is C18H27ClFN5O. The minimum Gasteiger partial charge on any atom is -0.347 e. The molecule has 8 heteroatoms. The number of halogens is 2. The van der Waals surface area contributed by atoms with E-state index in [2.05, 4.69) is 17.3 Å². The number of hydrazone groups is 1. The van der Waals surface area contributed by atoms with Crippen LogP contribution >= 0.6 is 11.6 Å². The first-order chi connectivity index (χ1) is 12.2. The number of hydrogen-bond donors (Lipinski definition) is 3. The molecule has 0 aromatic heterocycles. The quantitative estimate of drug-likeness (QED) is 0.315. The van der Waals surface area contributed by atoms with Crippen molar-refractivity contribution >= 4 is 23.3 Å². The van der Waals surface area contributed by atoms with Crippen LogP contribution in [0.25, 0.3) is 0 Å². The lowest BCUT2D eigenvalue weighted by atomic mass is 9.76. The van der Waals surface area contributed by atoms with Crippen molar-refractivity contribution in [2.45, 2.75) is 52.5 Å². The Kier molecular flexibility index (Phi) is 6.47. The Morgan fingerprint density at radius 3 is 2.65 bits per heavy atom. The smallest absolute Gasteiger partial charge is 0.241 e. The summed E-state index contributed by atoms with van der Waals surface area (Å²) in [6.07, 6.45) is 3.85. The summed E-state index contributed by atoms with van der Waals surface area (Å²) in [6.45, 7) is 5.35. The third-order valence-electron chi connectivity index (χ3n) is 5.27. The van der Waals surface area contributed by atoms with Crippen molar-refractivity contribution in [3.8, 4) is 0 Å². The van der Waals surface area contributed by atoms with Crippen molar-refractivity contribution in [2.24, 2.45) is 22.2 Å². The van der Waals surface area contributed by atoms with Crippen molar-refractivity contribution in [1.82, 2.24) is 10.3 Å². The molecule has 0 spiro atoms. The number of aryl methyl sites for hydroxylation is 1. The van der Waals surface area contributed by atoms with Crippen LogP contribution in [0.15, 0.2) is 17.2 Å². The molecule has 0 aliphatic heterocycles. The van der Waals surface area contributed by atoms with E-state index in [1.165, 1.54) is 6.07 Å². The first-order valence-corrected chi connectivity index (χ1v) is 9.08. The van der Waals surface area contributed by atoms with E-state index in [0.29, 0.717) is 16.4 Å². The Hall–Kier alpha value is -1.86. The molecule has 144 valence electrons. The molecule has 1 saturated carbocycles. The summed E-state index contributed by atoms with van der Waals surface area (Å²) < 4.78 is 14.7. The van der Waals surface area contributed by atoms with Gasteiger partial charge in [0.15, 0.2) is 0 Å². The van der Waals surface area contributed by atoms with Gasteiger partial charge in [-0.3, -0.25) is 9.80 Å². The molecular weight excluding hydrogens is 357 g/mol. The maximum atomic E-state index is 14.7. The Morgan fingerprint density at radius 1 is 1.46 bits per heavy atom. The average Bonchev–Trinajstić information content (AvgIpc) is 3.04. The Labute approximate surface area is 158 Å². The van der Waals surface area contributed by atoms with Gasteiger partial charge in [0.05, 0.1) is 11.1 Å². The molecule has 2 rings (SSSR count). The van der Waals surface area contributed by atoms with Crippen molar-refractivity contribution in [3.63, 3.8) is 0 Å². The fourth-order valence-electron chi connectivity index (χ4n) is 3.56. The van der Waals surface area contributed by atoms with Gasteiger partial charge in [-0.2, -0.15) is 5.10 Å². The molecule has 0 radical (unpaired) electrons. The lowest BCUT2D eigenvalue weighted by molar-refractivity contribution is -0.123. The molecule has 0 saturated heterocycles. The molecule has 1 aliphatic rings. The largest absolute Gasteiger partial charge is 0.347 e. The van der Waals surface area contributed by atoms with Gasteiger partial charge in [0.25, 0.3) is 0 Å². The number of rotatable bonds is 5. The predicted molar refractivity (Wildman–Crippen MR) is 102 cm³/mol. The van der Waals surface area contributed by atoms with Crippen molar-refractivity contribution in [3.05, 3.63) is 34.1 Å². The van der Waals surface area contributed by atoms with Crippen LogP contribution in [0.2, 0.25) is 5.02 Å². The summed E-state index contributed by atoms with van der Waals surface area (Å²) in [7, 11) is 0. The molecule has 26 heavy (non-hydrogen) atoms. The number of hydrazine groups is 1. The molecule has 1 unspecified atom stereocenters. The van der Waals surface area contributed by atoms with E-state index in [0.717, 1.165) is 36.3 Å². The zero-order chi connectivity index (χ0) is 19.5. The summed E-state index contributed by atoms with van der Waals surface area (Å²) in [4.78, 5) is 12.6. The number of nitrogens with two attached hydrogens (primary N) is 2. The summed E-state index contributed by atoms with van der Waals surface area (Å²) in [6, 6.07) is 2.50. The molecule has 0 bridgehead atoms. The standard InChI is InChI=1S/C18H27ClFN5O/c1-11-6-7-13(20)15(16(11)19)17(18(3)8-4-5-9-18)23-14(26)10-25(22)12(2)24-21/h6-7,17H,4-5,8-10,21-22H2,1-3H3,(H,23,26)/b24-12-. The maximum absolute atomic E-state index is 14.7. The van der Waals surface area contributed by atoms with Crippen molar-refractivity contribution in [1.29, 1.82) is 0 Å².